The number of pyridine rings is 1. The van der Waals surface area contributed by atoms with E-state index < -0.39 is 21.7 Å². The van der Waals surface area contributed by atoms with Crippen LogP contribution >= 0.6 is 0 Å². The highest BCUT2D eigenvalue weighted by atomic mass is 16.2. The third-order valence-electron chi connectivity index (χ3n) is 9.21. The molecule has 2 N–H and O–H groups in total. The molecule has 0 spiro atoms. The maximum absolute atomic E-state index is 13.1. The zero-order valence-electron chi connectivity index (χ0n) is 19.2. The van der Waals surface area contributed by atoms with E-state index in [0.29, 0.717) is 37.3 Å². The molecule has 0 radical (unpaired) electrons. The second-order valence-corrected chi connectivity index (χ2v) is 11.5. The molecule has 7 nitrogen and oxygen atoms in total. The van der Waals surface area contributed by atoms with E-state index in [4.69, 9.17) is 0 Å². The predicted octanol–water partition coefficient (Wildman–Crippen LogP) is 3.75. The van der Waals surface area contributed by atoms with Crippen LogP contribution in [0.15, 0.2) is 18.2 Å². The van der Waals surface area contributed by atoms with Gasteiger partial charge in [0.05, 0.1) is 0 Å². The van der Waals surface area contributed by atoms with Crippen molar-refractivity contribution in [3.8, 4) is 0 Å². The Balaban J connectivity index is 1.32. The van der Waals surface area contributed by atoms with Gasteiger partial charge in [0.25, 0.3) is 0 Å². The standard InChI is InChI=1S/C25H31N3O4/c1-22(2)14-8-10-24(12-14,18(22)29)20(31)27-16-6-5-7-17(26-16)28-21(32)25-11-9-15(13-25)23(3,4)19(25)30/h5-7,14-15H,8-13H2,1-4H3,(H2,26,27,28,31,32)/t14-,15+,24-,25-/m1/s1. The Hall–Kier alpha value is -2.57. The van der Waals surface area contributed by atoms with Crippen molar-refractivity contribution >= 4 is 35.0 Å². The largest absolute Gasteiger partial charge is 0.310 e. The van der Waals surface area contributed by atoms with E-state index in [0.717, 1.165) is 12.8 Å². The van der Waals surface area contributed by atoms with Crippen molar-refractivity contribution in [3.05, 3.63) is 18.2 Å². The fourth-order valence-corrected chi connectivity index (χ4v) is 7.00. The molecule has 4 aliphatic carbocycles. The van der Waals surface area contributed by atoms with Gasteiger partial charge in [-0.05, 0) is 62.5 Å². The summed E-state index contributed by atoms with van der Waals surface area (Å²) in [5.74, 6) is 0.476. The molecule has 0 unspecified atom stereocenters. The Morgan fingerprint density at radius 3 is 1.56 bits per heavy atom. The number of amides is 2. The van der Waals surface area contributed by atoms with Crippen LogP contribution in [0.4, 0.5) is 11.6 Å². The van der Waals surface area contributed by atoms with Gasteiger partial charge < -0.3 is 10.6 Å². The number of fused-ring (bicyclic) bond motifs is 4. The zero-order valence-corrected chi connectivity index (χ0v) is 19.2. The summed E-state index contributed by atoms with van der Waals surface area (Å²) in [5, 5.41) is 5.64. The van der Waals surface area contributed by atoms with Gasteiger partial charge in [-0.25, -0.2) is 4.98 Å². The minimum Gasteiger partial charge on any atom is -0.310 e. The van der Waals surface area contributed by atoms with Crippen LogP contribution < -0.4 is 10.6 Å². The molecule has 0 aromatic carbocycles. The molecular formula is C25H31N3O4. The summed E-state index contributed by atoms with van der Waals surface area (Å²) in [5.41, 5.74) is -2.90. The molecule has 7 heteroatoms. The number of Topliss-reactive ketones (excluding diaryl/α,β-unsaturated/α-hetero) is 2. The molecule has 2 amide bonds. The number of hydrogen-bond donors (Lipinski definition) is 2. The number of carbonyl (C=O) groups is 4. The maximum atomic E-state index is 13.1. The van der Waals surface area contributed by atoms with Gasteiger partial charge in [-0.15, -0.1) is 0 Å². The van der Waals surface area contributed by atoms with E-state index in [1.54, 1.807) is 18.2 Å². The SMILES string of the molecule is CC1(C)C(=O)[C@@]2(C(=O)Nc3cccc(NC(=O)[C@]45CC[C@@H](C4)C(C)(C)C5=O)n3)CC[C@@H]1C2. The minimum absolute atomic E-state index is 0.0143. The van der Waals surface area contributed by atoms with E-state index in [-0.39, 0.29) is 35.2 Å². The summed E-state index contributed by atoms with van der Waals surface area (Å²) in [6.07, 6.45) is 4.07. The fraction of sp³-hybridized carbons (Fsp3) is 0.640. The Kier molecular flexibility index (Phi) is 4.31. The predicted molar refractivity (Wildman–Crippen MR) is 119 cm³/mol. The lowest BCUT2D eigenvalue weighted by atomic mass is 9.70. The smallest absolute Gasteiger partial charge is 0.239 e. The van der Waals surface area contributed by atoms with Crippen molar-refractivity contribution in [1.29, 1.82) is 0 Å². The lowest BCUT2D eigenvalue weighted by Gasteiger charge is -2.32. The van der Waals surface area contributed by atoms with Gasteiger partial charge >= 0.3 is 0 Å². The first-order valence-corrected chi connectivity index (χ1v) is 11.6. The monoisotopic (exact) mass is 437 g/mol. The van der Waals surface area contributed by atoms with Crippen LogP contribution in [-0.4, -0.2) is 28.4 Å². The summed E-state index contributed by atoms with van der Waals surface area (Å²) >= 11 is 0. The van der Waals surface area contributed by atoms with Crippen molar-refractivity contribution in [3.63, 3.8) is 0 Å². The molecule has 4 atom stereocenters. The molecule has 4 fully saturated rings. The van der Waals surface area contributed by atoms with Crippen LogP contribution in [0.2, 0.25) is 0 Å². The molecule has 32 heavy (non-hydrogen) atoms. The Morgan fingerprint density at radius 2 is 1.22 bits per heavy atom. The Morgan fingerprint density at radius 1 is 0.812 bits per heavy atom. The van der Waals surface area contributed by atoms with Crippen LogP contribution in [0.25, 0.3) is 0 Å². The quantitative estimate of drug-likeness (QED) is 0.698. The van der Waals surface area contributed by atoms with E-state index in [2.05, 4.69) is 15.6 Å². The van der Waals surface area contributed by atoms with Crippen LogP contribution in [0.5, 0.6) is 0 Å². The molecule has 0 aliphatic heterocycles. The highest BCUT2D eigenvalue weighted by molar-refractivity contribution is 6.16. The number of nitrogens with one attached hydrogen (secondary N) is 2. The molecule has 1 aromatic heterocycles. The topological polar surface area (TPSA) is 105 Å². The summed E-state index contributed by atoms with van der Waals surface area (Å²) in [6.45, 7) is 7.73. The number of rotatable bonds is 4. The summed E-state index contributed by atoms with van der Waals surface area (Å²) in [7, 11) is 0. The third kappa shape index (κ3) is 2.63. The average molecular weight is 438 g/mol. The van der Waals surface area contributed by atoms with Crippen molar-refractivity contribution in [2.24, 2.45) is 33.5 Å². The first kappa shape index (κ1) is 21.3. The normalized spacial score (nSPS) is 35.9. The van der Waals surface area contributed by atoms with Crippen molar-refractivity contribution < 1.29 is 19.2 Å². The highest BCUT2D eigenvalue weighted by Gasteiger charge is 2.66. The number of aromatic nitrogens is 1. The molecule has 0 saturated heterocycles. The van der Waals surface area contributed by atoms with Crippen molar-refractivity contribution in [1.82, 2.24) is 4.98 Å². The van der Waals surface area contributed by atoms with E-state index in [1.165, 1.54) is 0 Å². The molecule has 1 aromatic rings. The molecule has 4 saturated carbocycles. The first-order chi connectivity index (χ1) is 14.9. The average Bonchev–Trinajstić information content (AvgIpc) is 3.46. The van der Waals surface area contributed by atoms with Crippen molar-refractivity contribution in [2.75, 3.05) is 10.6 Å². The lowest BCUT2D eigenvalue weighted by molar-refractivity contribution is -0.143. The molecule has 4 bridgehead atoms. The van der Waals surface area contributed by atoms with Gasteiger partial charge in [0.15, 0.2) is 11.6 Å². The second-order valence-electron chi connectivity index (χ2n) is 11.5. The second kappa shape index (κ2) is 6.49. The minimum atomic E-state index is -0.977. The molecule has 170 valence electrons. The molecule has 5 rings (SSSR count). The first-order valence-electron chi connectivity index (χ1n) is 11.6. The summed E-state index contributed by atoms with van der Waals surface area (Å²) in [6, 6.07) is 4.99. The third-order valence-corrected chi connectivity index (χ3v) is 9.21. The van der Waals surface area contributed by atoms with E-state index >= 15 is 0 Å². The number of carbonyl (C=O) groups excluding carboxylic acids is 4. The Bertz CT molecular complexity index is 982. The molecule has 4 aliphatic rings. The van der Waals surface area contributed by atoms with Gasteiger partial charge in [0, 0.05) is 10.8 Å². The Labute approximate surface area is 188 Å². The highest BCUT2D eigenvalue weighted by Crippen LogP contribution is 2.61. The zero-order chi connectivity index (χ0) is 23.1. The number of nitrogens with zero attached hydrogens (tertiary/aromatic N) is 1. The number of hydrogen-bond acceptors (Lipinski definition) is 5. The van der Waals surface area contributed by atoms with Gasteiger partial charge in [0.2, 0.25) is 11.8 Å². The van der Waals surface area contributed by atoms with Gasteiger partial charge in [-0.2, -0.15) is 0 Å². The van der Waals surface area contributed by atoms with Gasteiger partial charge in [0.1, 0.15) is 22.5 Å². The van der Waals surface area contributed by atoms with Crippen LogP contribution in [0.1, 0.15) is 66.2 Å². The fourth-order valence-electron chi connectivity index (χ4n) is 7.00. The van der Waals surface area contributed by atoms with Crippen LogP contribution in [0, 0.1) is 33.5 Å². The summed E-state index contributed by atoms with van der Waals surface area (Å²) in [4.78, 5) is 56.7. The van der Waals surface area contributed by atoms with Crippen LogP contribution in [0.3, 0.4) is 0 Å². The summed E-state index contributed by atoms with van der Waals surface area (Å²) < 4.78 is 0. The maximum Gasteiger partial charge on any atom is 0.239 e. The lowest BCUT2D eigenvalue weighted by Crippen LogP contribution is -2.45. The van der Waals surface area contributed by atoms with Gasteiger partial charge in [-0.3, -0.25) is 19.2 Å². The van der Waals surface area contributed by atoms with Crippen LogP contribution in [-0.2, 0) is 19.2 Å². The number of anilines is 2. The van der Waals surface area contributed by atoms with E-state index in [9.17, 15) is 19.2 Å². The van der Waals surface area contributed by atoms with E-state index in [1.807, 2.05) is 27.7 Å². The number of ketones is 2. The van der Waals surface area contributed by atoms with Crippen molar-refractivity contribution in [2.45, 2.75) is 66.2 Å². The molecule has 1 heterocycles. The van der Waals surface area contributed by atoms with Gasteiger partial charge in [-0.1, -0.05) is 33.8 Å². The molecular weight excluding hydrogens is 406 g/mol.